The molecule has 1 aromatic carbocycles. The van der Waals surface area contributed by atoms with Gasteiger partial charge in [0.2, 0.25) is 0 Å². The Kier molecular flexibility index (Phi) is 2.30. The first-order chi connectivity index (χ1) is 6.50. The number of fused-ring (bicyclic) bond motifs is 1. The minimum absolute atomic E-state index is 0.0607. The average molecular weight is 258 g/mol. The SMILES string of the molecule is CC1(C)CCNc2c(Br)cc(F)cc21. The molecule has 0 atom stereocenters. The highest BCUT2D eigenvalue weighted by atomic mass is 79.9. The third kappa shape index (κ3) is 1.54. The predicted molar refractivity (Wildman–Crippen MR) is 60.2 cm³/mol. The quantitative estimate of drug-likeness (QED) is 0.748. The Labute approximate surface area is 91.8 Å². The highest BCUT2D eigenvalue weighted by Gasteiger charge is 2.28. The first kappa shape index (κ1) is 9.97. The van der Waals surface area contributed by atoms with E-state index in [0.29, 0.717) is 0 Å². The summed E-state index contributed by atoms with van der Waals surface area (Å²) in [6.07, 6.45) is 1.04. The predicted octanol–water partition coefficient (Wildman–Crippen LogP) is 3.68. The molecule has 1 aromatic rings. The second-order valence-corrected chi connectivity index (χ2v) is 5.23. The summed E-state index contributed by atoms with van der Waals surface area (Å²) in [6, 6.07) is 3.14. The summed E-state index contributed by atoms with van der Waals surface area (Å²) in [7, 11) is 0. The van der Waals surface area contributed by atoms with Crippen molar-refractivity contribution in [1.82, 2.24) is 0 Å². The highest BCUT2D eigenvalue weighted by Crippen LogP contribution is 2.40. The van der Waals surface area contributed by atoms with Gasteiger partial charge in [0.05, 0.1) is 5.69 Å². The molecular formula is C11H13BrFN. The fourth-order valence-electron chi connectivity index (χ4n) is 1.92. The lowest BCUT2D eigenvalue weighted by Gasteiger charge is -2.33. The van der Waals surface area contributed by atoms with Crippen molar-refractivity contribution in [3.8, 4) is 0 Å². The van der Waals surface area contributed by atoms with Crippen LogP contribution in [0.5, 0.6) is 0 Å². The molecule has 0 aromatic heterocycles. The minimum atomic E-state index is -0.174. The Morgan fingerprint density at radius 1 is 1.43 bits per heavy atom. The van der Waals surface area contributed by atoms with Crippen molar-refractivity contribution >= 4 is 21.6 Å². The molecule has 0 aliphatic carbocycles. The molecule has 0 radical (unpaired) electrons. The van der Waals surface area contributed by atoms with Gasteiger partial charge < -0.3 is 5.32 Å². The van der Waals surface area contributed by atoms with Gasteiger partial charge in [-0.1, -0.05) is 13.8 Å². The fraction of sp³-hybridized carbons (Fsp3) is 0.455. The van der Waals surface area contributed by atoms with Crippen LogP contribution in [-0.4, -0.2) is 6.54 Å². The van der Waals surface area contributed by atoms with Crippen LogP contribution in [0.1, 0.15) is 25.8 Å². The van der Waals surface area contributed by atoms with Gasteiger partial charge in [-0.2, -0.15) is 0 Å². The van der Waals surface area contributed by atoms with Gasteiger partial charge in [0.25, 0.3) is 0 Å². The molecule has 1 aliphatic rings. The van der Waals surface area contributed by atoms with E-state index in [4.69, 9.17) is 0 Å². The van der Waals surface area contributed by atoms with Gasteiger partial charge in [-0.05, 0) is 45.5 Å². The van der Waals surface area contributed by atoms with Crippen LogP contribution in [0, 0.1) is 5.82 Å². The number of halogens is 2. The van der Waals surface area contributed by atoms with Crippen molar-refractivity contribution in [3.63, 3.8) is 0 Å². The van der Waals surface area contributed by atoms with Crippen molar-refractivity contribution < 1.29 is 4.39 Å². The average Bonchev–Trinajstić information content (AvgIpc) is 2.06. The number of nitrogens with one attached hydrogen (secondary N) is 1. The largest absolute Gasteiger partial charge is 0.384 e. The first-order valence-corrected chi connectivity index (χ1v) is 5.53. The number of benzene rings is 1. The van der Waals surface area contributed by atoms with Gasteiger partial charge in [-0.25, -0.2) is 4.39 Å². The standard InChI is InChI=1S/C11H13BrFN/c1-11(2)3-4-14-10-8(11)5-7(13)6-9(10)12/h5-6,14H,3-4H2,1-2H3. The van der Waals surface area contributed by atoms with Crippen molar-refractivity contribution in [2.45, 2.75) is 25.7 Å². The van der Waals surface area contributed by atoms with Crippen LogP contribution in [0.2, 0.25) is 0 Å². The van der Waals surface area contributed by atoms with E-state index >= 15 is 0 Å². The minimum Gasteiger partial charge on any atom is -0.384 e. The van der Waals surface area contributed by atoms with Crippen LogP contribution in [0.3, 0.4) is 0 Å². The molecule has 0 unspecified atom stereocenters. The summed E-state index contributed by atoms with van der Waals surface area (Å²) in [5.41, 5.74) is 2.17. The number of hydrogen-bond acceptors (Lipinski definition) is 1. The number of rotatable bonds is 0. The molecule has 0 bridgehead atoms. The molecule has 14 heavy (non-hydrogen) atoms. The lowest BCUT2D eigenvalue weighted by Crippen LogP contribution is -2.28. The molecule has 0 spiro atoms. The van der Waals surface area contributed by atoms with Gasteiger partial charge in [-0.15, -0.1) is 0 Å². The maximum Gasteiger partial charge on any atom is 0.124 e. The third-order valence-electron chi connectivity index (χ3n) is 2.84. The summed E-state index contributed by atoms with van der Waals surface area (Å²) in [4.78, 5) is 0. The molecule has 2 rings (SSSR count). The van der Waals surface area contributed by atoms with Crippen LogP contribution in [0.4, 0.5) is 10.1 Å². The van der Waals surface area contributed by atoms with E-state index in [0.717, 1.165) is 28.7 Å². The monoisotopic (exact) mass is 257 g/mol. The van der Waals surface area contributed by atoms with Crippen LogP contribution in [-0.2, 0) is 5.41 Å². The normalized spacial score (nSPS) is 18.6. The maximum absolute atomic E-state index is 13.2. The van der Waals surface area contributed by atoms with E-state index in [9.17, 15) is 4.39 Å². The smallest absolute Gasteiger partial charge is 0.124 e. The molecule has 0 saturated carbocycles. The molecule has 0 amide bonds. The fourth-order valence-corrected chi connectivity index (χ4v) is 2.49. The molecule has 0 saturated heterocycles. The zero-order chi connectivity index (χ0) is 10.3. The summed E-state index contributed by atoms with van der Waals surface area (Å²) >= 11 is 3.38. The highest BCUT2D eigenvalue weighted by molar-refractivity contribution is 9.10. The van der Waals surface area contributed by atoms with Crippen LogP contribution < -0.4 is 5.32 Å². The summed E-state index contributed by atoms with van der Waals surface area (Å²) in [5, 5.41) is 3.30. The van der Waals surface area contributed by atoms with Crippen LogP contribution in [0.15, 0.2) is 16.6 Å². The van der Waals surface area contributed by atoms with Crippen molar-refractivity contribution in [2.24, 2.45) is 0 Å². The molecule has 1 aliphatic heterocycles. The molecule has 1 heterocycles. The first-order valence-electron chi connectivity index (χ1n) is 4.74. The summed E-state index contributed by atoms with van der Waals surface area (Å²) in [6.45, 7) is 5.25. The van der Waals surface area contributed by atoms with Gasteiger partial charge in [-0.3, -0.25) is 0 Å². The molecule has 0 fully saturated rings. The Hall–Kier alpha value is -0.570. The van der Waals surface area contributed by atoms with Crippen molar-refractivity contribution in [3.05, 3.63) is 28.0 Å². The van der Waals surface area contributed by atoms with E-state index in [1.165, 1.54) is 6.07 Å². The molecule has 76 valence electrons. The van der Waals surface area contributed by atoms with Gasteiger partial charge >= 0.3 is 0 Å². The van der Waals surface area contributed by atoms with Gasteiger partial charge in [0.15, 0.2) is 0 Å². The zero-order valence-electron chi connectivity index (χ0n) is 8.32. The van der Waals surface area contributed by atoms with E-state index in [1.807, 2.05) is 0 Å². The van der Waals surface area contributed by atoms with Crippen LogP contribution in [0.25, 0.3) is 0 Å². The Balaban J connectivity index is 2.63. The lowest BCUT2D eigenvalue weighted by atomic mass is 9.78. The van der Waals surface area contributed by atoms with E-state index in [1.54, 1.807) is 6.07 Å². The van der Waals surface area contributed by atoms with Crippen LogP contribution >= 0.6 is 15.9 Å². The zero-order valence-corrected chi connectivity index (χ0v) is 9.91. The van der Waals surface area contributed by atoms with E-state index in [-0.39, 0.29) is 11.2 Å². The number of anilines is 1. The molecule has 1 nitrogen and oxygen atoms in total. The molecular weight excluding hydrogens is 245 g/mol. The Morgan fingerprint density at radius 2 is 2.14 bits per heavy atom. The van der Waals surface area contributed by atoms with Gasteiger partial charge in [0.1, 0.15) is 5.82 Å². The second kappa shape index (κ2) is 3.23. The molecule has 3 heteroatoms. The van der Waals surface area contributed by atoms with E-state index in [2.05, 4.69) is 35.1 Å². The molecule has 1 N–H and O–H groups in total. The Bertz CT molecular complexity index is 374. The van der Waals surface area contributed by atoms with Crippen molar-refractivity contribution in [1.29, 1.82) is 0 Å². The summed E-state index contributed by atoms with van der Waals surface area (Å²) < 4.78 is 14.1. The summed E-state index contributed by atoms with van der Waals surface area (Å²) in [5.74, 6) is -0.174. The third-order valence-corrected chi connectivity index (χ3v) is 3.46. The van der Waals surface area contributed by atoms with Gasteiger partial charge in [0, 0.05) is 11.0 Å². The number of hydrogen-bond donors (Lipinski definition) is 1. The Morgan fingerprint density at radius 3 is 2.86 bits per heavy atom. The lowest BCUT2D eigenvalue weighted by molar-refractivity contribution is 0.476. The van der Waals surface area contributed by atoms with E-state index < -0.39 is 0 Å². The van der Waals surface area contributed by atoms with Crippen molar-refractivity contribution in [2.75, 3.05) is 11.9 Å². The topological polar surface area (TPSA) is 12.0 Å². The second-order valence-electron chi connectivity index (χ2n) is 4.37. The maximum atomic E-state index is 13.2.